The summed E-state index contributed by atoms with van der Waals surface area (Å²) < 4.78 is 5.77. The summed E-state index contributed by atoms with van der Waals surface area (Å²) in [6.07, 6.45) is 4.35. The quantitative estimate of drug-likeness (QED) is 0.748. The highest BCUT2D eigenvalue weighted by atomic mass is 32.2. The molecule has 1 aliphatic carbocycles. The molecule has 0 bridgehead atoms. The van der Waals surface area contributed by atoms with E-state index in [2.05, 4.69) is 10.3 Å². The van der Waals surface area contributed by atoms with Crippen molar-refractivity contribution in [3.8, 4) is 0 Å². The zero-order chi connectivity index (χ0) is 9.38. The van der Waals surface area contributed by atoms with Gasteiger partial charge in [-0.25, -0.2) is 0 Å². The third-order valence-electron chi connectivity index (χ3n) is 3.12. The van der Waals surface area contributed by atoms with Crippen LogP contribution >= 0.6 is 11.8 Å². The molecule has 4 heteroatoms. The highest BCUT2D eigenvalue weighted by Crippen LogP contribution is 2.38. The average Bonchev–Trinajstić information content (AvgIpc) is 2.74. The Labute approximate surface area is 88.7 Å². The van der Waals surface area contributed by atoms with Gasteiger partial charge in [0.2, 0.25) is 0 Å². The van der Waals surface area contributed by atoms with Crippen molar-refractivity contribution in [1.29, 1.82) is 0 Å². The molecule has 1 saturated carbocycles. The van der Waals surface area contributed by atoms with Crippen LogP contribution in [-0.4, -0.2) is 36.2 Å². The lowest BCUT2D eigenvalue weighted by atomic mass is 10.1. The van der Waals surface area contributed by atoms with E-state index in [9.17, 15) is 0 Å². The molecule has 1 N–H and O–H groups in total. The summed E-state index contributed by atoms with van der Waals surface area (Å²) in [6.45, 7) is 1.91. The molecular formula is C10H16N2OS. The van der Waals surface area contributed by atoms with Crippen LogP contribution in [0, 0.1) is 5.92 Å². The number of amidine groups is 1. The molecule has 2 fully saturated rings. The van der Waals surface area contributed by atoms with E-state index >= 15 is 0 Å². The molecule has 0 aromatic rings. The van der Waals surface area contributed by atoms with E-state index in [1.807, 2.05) is 11.8 Å². The van der Waals surface area contributed by atoms with Crippen LogP contribution in [-0.2, 0) is 4.74 Å². The Morgan fingerprint density at radius 2 is 2.29 bits per heavy atom. The van der Waals surface area contributed by atoms with Crippen molar-refractivity contribution in [2.24, 2.45) is 10.9 Å². The molecule has 2 heterocycles. The predicted octanol–water partition coefficient (Wildman–Crippen LogP) is 1.25. The largest absolute Gasteiger partial charge is 0.376 e. The Balaban J connectivity index is 1.59. The minimum Gasteiger partial charge on any atom is -0.376 e. The molecule has 0 spiro atoms. The smallest absolute Gasteiger partial charge is 0.156 e. The number of hydrogen-bond donors (Lipinski definition) is 1. The number of rotatable bonds is 2. The Bertz CT molecular complexity index is 253. The van der Waals surface area contributed by atoms with Gasteiger partial charge in [-0.2, -0.15) is 0 Å². The molecule has 2 aliphatic heterocycles. The molecule has 2 atom stereocenters. The molecule has 0 aromatic carbocycles. The Hall–Kier alpha value is -0.220. The minimum absolute atomic E-state index is 0.471. The van der Waals surface area contributed by atoms with E-state index < -0.39 is 0 Å². The first-order valence-electron chi connectivity index (χ1n) is 5.49. The summed E-state index contributed by atoms with van der Waals surface area (Å²) in [5, 5.41) is 4.68. The minimum atomic E-state index is 0.471. The van der Waals surface area contributed by atoms with Gasteiger partial charge in [0.1, 0.15) is 0 Å². The van der Waals surface area contributed by atoms with Crippen molar-refractivity contribution >= 4 is 16.9 Å². The summed E-state index contributed by atoms with van der Waals surface area (Å²) in [6, 6.07) is 0.534. The maximum Gasteiger partial charge on any atom is 0.156 e. The molecule has 0 amide bonds. The second-order valence-corrected chi connectivity index (χ2v) is 5.33. The van der Waals surface area contributed by atoms with Gasteiger partial charge in [0.05, 0.1) is 18.7 Å². The summed E-state index contributed by atoms with van der Waals surface area (Å²) in [4.78, 5) is 4.43. The zero-order valence-electron chi connectivity index (χ0n) is 8.24. The second kappa shape index (κ2) is 3.74. The maximum atomic E-state index is 5.77. The third-order valence-corrected chi connectivity index (χ3v) is 4.02. The molecule has 14 heavy (non-hydrogen) atoms. The van der Waals surface area contributed by atoms with Gasteiger partial charge in [-0.3, -0.25) is 4.99 Å². The monoisotopic (exact) mass is 212 g/mol. The van der Waals surface area contributed by atoms with Gasteiger partial charge < -0.3 is 10.1 Å². The lowest BCUT2D eigenvalue weighted by Gasteiger charge is -2.19. The van der Waals surface area contributed by atoms with Crippen molar-refractivity contribution in [1.82, 2.24) is 5.32 Å². The van der Waals surface area contributed by atoms with Crippen LogP contribution < -0.4 is 5.32 Å². The van der Waals surface area contributed by atoms with Crippen LogP contribution in [0.15, 0.2) is 4.99 Å². The number of aliphatic imine (C=N–C) groups is 1. The van der Waals surface area contributed by atoms with E-state index in [0.717, 1.165) is 36.4 Å². The van der Waals surface area contributed by atoms with Crippen LogP contribution in [0.1, 0.15) is 19.3 Å². The van der Waals surface area contributed by atoms with Crippen molar-refractivity contribution in [2.75, 3.05) is 18.9 Å². The highest BCUT2D eigenvalue weighted by Gasteiger charge is 2.41. The summed E-state index contributed by atoms with van der Waals surface area (Å²) in [5.41, 5.74) is 0. The molecule has 3 nitrogen and oxygen atoms in total. The standard InChI is InChI=1S/C10H16N2OS/c1-2-7(1)9-8(3-5-13-9)12-10-11-4-6-14-10/h7-9H,1-6H2,(H,11,12). The third kappa shape index (κ3) is 1.77. The van der Waals surface area contributed by atoms with Crippen molar-refractivity contribution in [2.45, 2.75) is 31.4 Å². The first-order chi connectivity index (χ1) is 6.93. The molecule has 1 saturated heterocycles. The molecule has 3 aliphatic rings. The number of nitrogens with one attached hydrogen (secondary N) is 1. The van der Waals surface area contributed by atoms with Gasteiger partial charge in [0, 0.05) is 12.4 Å². The maximum absolute atomic E-state index is 5.77. The van der Waals surface area contributed by atoms with Gasteiger partial charge in [0.15, 0.2) is 5.17 Å². The molecule has 0 radical (unpaired) electrons. The Morgan fingerprint density at radius 3 is 3.00 bits per heavy atom. The number of hydrogen-bond acceptors (Lipinski definition) is 4. The zero-order valence-corrected chi connectivity index (χ0v) is 9.05. The van der Waals surface area contributed by atoms with Crippen LogP contribution in [0.2, 0.25) is 0 Å². The summed E-state index contributed by atoms with van der Waals surface area (Å²) >= 11 is 1.85. The SMILES string of the molecule is C1CSC(NC2CCOC2C2CC2)=N1. The Kier molecular flexibility index (Phi) is 2.41. The van der Waals surface area contributed by atoms with Gasteiger partial charge in [-0.05, 0) is 25.2 Å². The Morgan fingerprint density at radius 1 is 1.36 bits per heavy atom. The topological polar surface area (TPSA) is 33.6 Å². The van der Waals surface area contributed by atoms with E-state index in [4.69, 9.17) is 4.74 Å². The molecular weight excluding hydrogens is 196 g/mol. The van der Waals surface area contributed by atoms with Gasteiger partial charge in [-0.1, -0.05) is 11.8 Å². The number of thioether (sulfide) groups is 1. The van der Waals surface area contributed by atoms with Crippen LogP contribution in [0.4, 0.5) is 0 Å². The molecule has 3 rings (SSSR count). The van der Waals surface area contributed by atoms with Gasteiger partial charge in [0.25, 0.3) is 0 Å². The first-order valence-corrected chi connectivity index (χ1v) is 6.47. The van der Waals surface area contributed by atoms with Gasteiger partial charge in [-0.15, -0.1) is 0 Å². The average molecular weight is 212 g/mol. The van der Waals surface area contributed by atoms with E-state index in [0.29, 0.717) is 12.1 Å². The molecule has 0 aromatic heterocycles. The molecule has 2 unspecified atom stereocenters. The fourth-order valence-electron chi connectivity index (χ4n) is 2.24. The van der Waals surface area contributed by atoms with Crippen molar-refractivity contribution < 1.29 is 4.74 Å². The van der Waals surface area contributed by atoms with Crippen molar-refractivity contribution in [3.05, 3.63) is 0 Å². The predicted molar refractivity (Wildman–Crippen MR) is 58.8 cm³/mol. The van der Waals surface area contributed by atoms with Crippen molar-refractivity contribution in [3.63, 3.8) is 0 Å². The second-order valence-electron chi connectivity index (χ2n) is 4.25. The number of nitrogens with zero attached hydrogens (tertiary/aromatic N) is 1. The fraction of sp³-hybridized carbons (Fsp3) is 0.900. The van der Waals surface area contributed by atoms with E-state index in [1.54, 1.807) is 0 Å². The lowest BCUT2D eigenvalue weighted by Crippen LogP contribution is -2.39. The fourth-order valence-corrected chi connectivity index (χ4v) is 3.03. The van der Waals surface area contributed by atoms with E-state index in [1.165, 1.54) is 12.8 Å². The number of ether oxygens (including phenoxy) is 1. The van der Waals surface area contributed by atoms with Crippen LogP contribution in [0.25, 0.3) is 0 Å². The normalized spacial score (nSPS) is 37.3. The molecule has 78 valence electrons. The first kappa shape index (κ1) is 9.04. The van der Waals surface area contributed by atoms with Crippen LogP contribution in [0.5, 0.6) is 0 Å². The summed E-state index contributed by atoms with van der Waals surface area (Å²) in [5.74, 6) is 1.98. The van der Waals surface area contributed by atoms with E-state index in [-0.39, 0.29) is 0 Å². The highest BCUT2D eigenvalue weighted by molar-refractivity contribution is 8.14. The lowest BCUT2D eigenvalue weighted by molar-refractivity contribution is 0.0844. The van der Waals surface area contributed by atoms with Gasteiger partial charge >= 0.3 is 0 Å². The summed E-state index contributed by atoms with van der Waals surface area (Å²) in [7, 11) is 0. The van der Waals surface area contributed by atoms with Crippen LogP contribution in [0.3, 0.4) is 0 Å².